The highest BCUT2D eigenvalue weighted by atomic mass is 32.1. The third-order valence-corrected chi connectivity index (χ3v) is 3.43. The fourth-order valence-electron chi connectivity index (χ4n) is 1.54. The highest BCUT2D eigenvalue weighted by Crippen LogP contribution is 2.24. The molecule has 19 heavy (non-hydrogen) atoms. The Morgan fingerprint density at radius 1 is 1.21 bits per heavy atom. The largest absolute Gasteiger partial charge is 0.310 e. The van der Waals surface area contributed by atoms with Crippen LogP contribution in [-0.4, -0.2) is 16.7 Å². The lowest BCUT2D eigenvalue weighted by Gasteiger charge is -2.03. The van der Waals surface area contributed by atoms with E-state index in [9.17, 15) is 8.78 Å². The van der Waals surface area contributed by atoms with E-state index in [2.05, 4.69) is 29.4 Å². The van der Waals surface area contributed by atoms with Gasteiger partial charge in [-0.15, -0.1) is 10.2 Å². The van der Waals surface area contributed by atoms with Gasteiger partial charge < -0.3 is 5.32 Å². The molecule has 6 heteroatoms. The van der Waals surface area contributed by atoms with Gasteiger partial charge in [0.25, 0.3) is 0 Å². The first-order chi connectivity index (χ1) is 9.06. The number of benzene rings is 1. The van der Waals surface area contributed by atoms with Crippen LogP contribution in [0.25, 0.3) is 10.6 Å². The van der Waals surface area contributed by atoms with Crippen LogP contribution in [0.2, 0.25) is 0 Å². The molecule has 1 aromatic heterocycles. The Labute approximate surface area is 114 Å². The van der Waals surface area contributed by atoms with Gasteiger partial charge in [-0.3, -0.25) is 0 Å². The van der Waals surface area contributed by atoms with Crippen molar-refractivity contribution in [3.8, 4) is 10.6 Å². The maximum Gasteiger partial charge on any atom is 0.159 e. The molecule has 0 spiro atoms. The monoisotopic (exact) mass is 283 g/mol. The topological polar surface area (TPSA) is 37.8 Å². The van der Waals surface area contributed by atoms with Crippen LogP contribution in [0, 0.1) is 17.6 Å². The summed E-state index contributed by atoms with van der Waals surface area (Å²) in [6, 6.07) is 3.74. The van der Waals surface area contributed by atoms with E-state index in [0.29, 0.717) is 23.0 Å². The summed E-state index contributed by atoms with van der Waals surface area (Å²) in [5.41, 5.74) is 0.548. The summed E-state index contributed by atoms with van der Waals surface area (Å²) < 4.78 is 26.0. The number of nitrogens with one attached hydrogen (secondary N) is 1. The van der Waals surface area contributed by atoms with Gasteiger partial charge in [-0.05, 0) is 30.7 Å². The first-order valence-electron chi connectivity index (χ1n) is 6.05. The van der Waals surface area contributed by atoms with Crippen LogP contribution in [0.1, 0.15) is 18.9 Å². The molecule has 0 saturated carbocycles. The Hall–Kier alpha value is -1.40. The van der Waals surface area contributed by atoms with Crippen molar-refractivity contribution in [2.75, 3.05) is 6.54 Å². The zero-order valence-corrected chi connectivity index (χ0v) is 11.6. The van der Waals surface area contributed by atoms with Crippen molar-refractivity contribution in [3.05, 3.63) is 34.8 Å². The van der Waals surface area contributed by atoms with Crippen LogP contribution >= 0.6 is 11.3 Å². The summed E-state index contributed by atoms with van der Waals surface area (Å²) in [5.74, 6) is -1.15. The van der Waals surface area contributed by atoms with Gasteiger partial charge in [-0.1, -0.05) is 25.2 Å². The van der Waals surface area contributed by atoms with Gasteiger partial charge in [-0.2, -0.15) is 0 Å². The lowest BCUT2D eigenvalue weighted by molar-refractivity contribution is 0.509. The van der Waals surface area contributed by atoms with Crippen LogP contribution < -0.4 is 5.32 Å². The first-order valence-corrected chi connectivity index (χ1v) is 6.86. The van der Waals surface area contributed by atoms with Crippen molar-refractivity contribution in [3.63, 3.8) is 0 Å². The molecule has 0 amide bonds. The lowest BCUT2D eigenvalue weighted by atomic mass is 10.2. The Morgan fingerprint density at radius 3 is 2.68 bits per heavy atom. The normalized spacial score (nSPS) is 11.2. The van der Waals surface area contributed by atoms with Crippen LogP contribution in [0.3, 0.4) is 0 Å². The Bertz CT molecular complexity index is 555. The molecule has 0 aliphatic carbocycles. The van der Waals surface area contributed by atoms with Gasteiger partial charge in [-0.25, -0.2) is 8.78 Å². The number of hydrogen-bond acceptors (Lipinski definition) is 4. The molecule has 0 saturated heterocycles. The molecule has 0 radical (unpaired) electrons. The van der Waals surface area contributed by atoms with Crippen LogP contribution in [0.4, 0.5) is 8.78 Å². The predicted octanol–water partition coefficient (Wildman–Crippen LogP) is 3.23. The van der Waals surface area contributed by atoms with E-state index in [1.54, 1.807) is 0 Å². The minimum Gasteiger partial charge on any atom is -0.310 e. The number of aromatic nitrogens is 2. The van der Waals surface area contributed by atoms with Gasteiger partial charge in [0, 0.05) is 12.1 Å². The molecule has 1 N–H and O–H groups in total. The van der Waals surface area contributed by atoms with E-state index >= 15 is 0 Å². The average molecular weight is 283 g/mol. The molecule has 102 valence electrons. The van der Waals surface area contributed by atoms with E-state index in [-0.39, 0.29) is 0 Å². The molecule has 0 unspecified atom stereocenters. The van der Waals surface area contributed by atoms with Gasteiger partial charge in [0.2, 0.25) is 0 Å². The summed E-state index contributed by atoms with van der Waals surface area (Å²) in [6.45, 7) is 5.79. The van der Waals surface area contributed by atoms with Gasteiger partial charge in [0.1, 0.15) is 10.0 Å². The van der Waals surface area contributed by atoms with Crippen molar-refractivity contribution in [2.45, 2.75) is 20.4 Å². The first kappa shape index (κ1) is 14.0. The molecule has 0 fully saturated rings. The summed E-state index contributed by atoms with van der Waals surface area (Å²) >= 11 is 1.38. The van der Waals surface area contributed by atoms with E-state index in [1.807, 2.05) is 0 Å². The second kappa shape index (κ2) is 6.16. The second-order valence-electron chi connectivity index (χ2n) is 4.65. The molecular formula is C13H15F2N3S. The minimum atomic E-state index is -0.868. The maximum absolute atomic E-state index is 13.1. The Balaban J connectivity index is 2.05. The molecule has 3 nitrogen and oxygen atoms in total. The fraction of sp³-hybridized carbons (Fsp3) is 0.385. The third kappa shape index (κ3) is 3.78. The van der Waals surface area contributed by atoms with E-state index < -0.39 is 11.6 Å². The lowest BCUT2D eigenvalue weighted by Crippen LogP contribution is -2.18. The molecule has 0 bridgehead atoms. The highest BCUT2D eigenvalue weighted by Gasteiger charge is 2.09. The van der Waals surface area contributed by atoms with Gasteiger partial charge in [0.15, 0.2) is 11.6 Å². The third-order valence-electron chi connectivity index (χ3n) is 2.46. The predicted molar refractivity (Wildman–Crippen MR) is 71.8 cm³/mol. The van der Waals surface area contributed by atoms with Crippen LogP contribution in [-0.2, 0) is 6.54 Å². The second-order valence-corrected chi connectivity index (χ2v) is 5.72. The number of nitrogens with zero attached hydrogens (tertiary/aromatic N) is 2. The highest BCUT2D eigenvalue weighted by molar-refractivity contribution is 7.14. The summed E-state index contributed by atoms with van der Waals surface area (Å²) in [6.07, 6.45) is 0. The smallest absolute Gasteiger partial charge is 0.159 e. The molecule has 2 aromatic rings. The quantitative estimate of drug-likeness (QED) is 0.915. The van der Waals surface area contributed by atoms with E-state index in [4.69, 9.17) is 0 Å². The summed E-state index contributed by atoms with van der Waals surface area (Å²) in [5, 5.41) is 12.7. The SMILES string of the molecule is CC(C)CNCc1nnc(-c2ccc(F)c(F)c2)s1. The standard InChI is InChI=1S/C13H15F2N3S/c1-8(2)6-16-7-12-17-18-13(19-12)9-3-4-10(14)11(15)5-9/h3-5,8,16H,6-7H2,1-2H3. The van der Waals surface area contributed by atoms with Crippen LogP contribution in [0.15, 0.2) is 18.2 Å². The van der Waals surface area contributed by atoms with E-state index in [1.165, 1.54) is 17.4 Å². The minimum absolute atomic E-state index is 0.548. The summed E-state index contributed by atoms with van der Waals surface area (Å²) in [7, 11) is 0. The number of rotatable bonds is 5. The van der Waals surface area contributed by atoms with Crippen molar-refractivity contribution < 1.29 is 8.78 Å². The van der Waals surface area contributed by atoms with Crippen LogP contribution in [0.5, 0.6) is 0 Å². The molecule has 1 heterocycles. The van der Waals surface area contributed by atoms with E-state index in [0.717, 1.165) is 23.7 Å². The zero-order chi connectivity index (χ0) is 13.8. The average Bonchev–Trinajstić information content (AvgIpc) is 2.81. The maximum atomic E-state index is 13.1. The molecule has 2 rings (SSSR count). The van der Waals surface area contributed by atoms with Crippen molar-refractivity contribution in [2.24, 2.45) is 5.92 Å². The van der Waals surface area contributed by atoms with Gasteiger partial charge >= 0.3 is 0 Å². The zero-order valence-electron chi connectivity index (χ0n) is 10.8. The molecule has 1 aromatic carbocycles. The number of halogens is 2. The molecule has 0 aliphatic rings. The van der Waals surface area contributed by atoms with Gasteiger partial charge in [0.05, 0.1) is 0 Å². The molecule has 0 aliphatic heterocycles. The Morgan fingerprint density at radius 2 is 2.00 bits per heavy atom. The number of hydrogen-bond donors (Lipinski definition) is 1. The molecular weight excluding hydrogens is 268 g/mol. The van der Waals surface area contributed by atoms with Crippen molar-refractivity contribution in [1.29, 1.82) is 0 Å². The fourth-order valence-corrected chi connectivity index (χ4v) is 2.34. The Kier molecular flexibility index (Phi) is 4.55. The molecule has 0 atom stereocenters. The van der Waals surface area contributed by atoms with Crippen molar-refractivity contribution >= 4 is 11.3 Å². The van der Waals surface area contributed by atoms with Crippen molar-refractivity contribution in [1.82, 2.24) is 15.5 Å². The summed E-state index contributed by atoms with van der Waals surface area (Å²) in [4.78, 5) is 0.